The van der Waals surface area contributed by atoms with Crippen molar-refractivity contribution in [1.29, 1.82) is 0 Å². The molecule has 1 saturated carbocycles. The Morgan fingerprint density at radius 2 is 2.43 bits per heavy atom. The largest absolute Gasteiger partial charge is 0.327 e. The van der Waals surface area contributed by atoms with E-state index in [2.05, 4.69) is 21.7 Å². The van der Waals surface area contributed by atoms with E-state index in [0.29, 0.717) is 12.0 Å². The van der Waals surface area contributed by atoms with E-state index < -0.39 is 0 Å². The molecule has 0 spiro atoms. The van der Waals surface area contributed by atoms with Gasteiger partial charge in [0.25, 0.3) is 0 Å². The van der Waals surface area contributed by atoms with E-state index in [0.717, 1.165) is 18.8 Å². The zero-order valence-corrected chi connectivity index (χ0v) is 8.69. The summed E-state index contributed by atoms with van der Waals surface area (Å²) < 4.78 is 2.10. The van der Waals surface area contributed by atoms with Gasteiger partial charge in [0.1, 0.15) is 12.2 Å². The molecule has 0 unspecified atom stereocenters. The normalized spacial score (nSPS) is 27.0. The molecule has 4 nitrogen and oxygen atoms in total. The number of nitrogens with two attached hydrogens (primary N) is 1. The molecule has 0 aliphatic heterocycles. The standard InChI is InChI=1S/C10H18N4/c1-2-14-7-12-13-10(14)6-8-4-3-5-9(8)11/h7-9H,2-6,11H2,1H3/t8-,9+/m0/s1. The van der Waals surface area contributed by atoms with E-state index in [1.807, 2.05) is 0 Å². The van der Waals surface area contributed by atoms with Crippen molar-refractivity contribution < 1.29 is 0 Å². The number of aryl methyl sites for hydroxylation is 1. The molecule has 1 fully saturated rings. The minimum atomic E-state index is 0.372. The van der Waals surface area contributed by atoms with Crippen LogP contribution in [0.2, 0.25) is 0 Å². The number of hydrogen-bond acceptors (Lipinski definition) is 3. The van der Waals surface area contributed by atoms with Gasteiger partial charge < -0.3 is 10.3 Å². The first-order valence-corrected chi connectivity index (χ1v) is 5.43. The fourth-order valence-electron chi connectivity index (χ4n) is 2.25. The van der Waals surface area contributed by atoms with Crippen LogP contribution in [0.5, 0.6) is 0 Å². The van der Waals surface area contributed by atoms with Gasteiger partial charge in [0.2, 0.25) is 0 Å². The highest BCUT2D eigenvalue weighted by Crippen LogP contribution is 2.26. The first-order valence-electron chi connectivity index (χ1n) is 5.43. The maximum atomic E-state index is 6.03. The molecular formula is C10H18N4. The third-order valence-corrected chi connectivity index (χ3v) is 3.20. The molecule has 1 aromatic rings. The van der Waals surface area contributed by atoms with Gasteiger partial charge in [0.15, 0.2) is 0 Å². The average Bonchev–Trinajstić information content (AvgIpc) is 2.77. The number of aromatic nitrogens is 3. The van der Waals surface area contributed by atoms with E-state index in [4.69, 9.17) is 5.73 Å². The lowest BCUT2D eigenvalue weighted by molar-refractivity contribution is 0.457. The van der Waals surface area contributed by atoms with E-state index in [9.17, 15) is 0 Å². The lowest BCUT2D eigenvalue weighted by Gasteiger charge is -2.14. The van der Waals surface area contributed by atoms with Gasteiger partial charge in [-0.25, -0.2) is 0 Å². The van der Waals surface area contributed by atoms with Crippen molar-refractivity contribution in [2.24, 2.45) is 11.7 Å². The molecule has 1 heterocycles. The summed E-state index contributed by atoms with van der Waals surface area (Å²) in [5.41, 5.74) is 6.03. The zero-order valence-electron chi connectivity index (χ0n) is 8.69. The van der Waals surface area contributed by atoms with Crippen LogP contribution < -0.4 is 5.73 Å². The van der Waals surface area contributed by atoms with Gasteiger partial charge in [-0.15, -0.1) is 10.2 Å². The van der Waals surface area contributed by atoms with Gasteiger partial charge in [-0.3, -0.25) is 0 Å². The highest BCUT2D eigenvalue weighted by atomic mass is 15.3. The Morgan fingerprint density at radius 3 is 3.07 bits per heavy atom. The fraction of sp³-hybridized carbons (Fsp3) is 0.800. The van der Waals surface area contributed by atoms with E-state index in [1.165, 1.54) is 19.3 Å². The third kappa shape index (κ3) is 1.80. The van der Waals surface area contributed by atoms with Crippen molar-refractivity contribution in [3.63, 3.8) is 0 Å². The SMILES string of the molecule is CCn1cnnc1C[C@@H]1CCC[C@H]1N. The second-order valence-electron chi connectivity index (χ2n) is 4.09. The van der Waals surface area contributed by atoms with Crippen LogP contribution in [0.1, 0.15) is 32.0 Å². The van der Waals surface area contributed by atoms with Crippen molar-refractivity contribution in [2.75, 3.05) is 0 Å². The van der Waals surface area contributed by atoms with Crippen LogP contribution in [0, 0.1) is 5.92 Å². The quantitative estimate of drug-likeness (QED) is 0.780. The molecule has 2 rings (SSSR count). The Bertz CT molecular complexity index is 294. The van der Waals surface area contributed by atoms with Crippen LogP contribution in [0.25, 0.3) is 0 Å². The van der Waals surface area contributed by atoms with Crippen LogP contribution >= 0.6 is 0 Å². The number of nitrogens with zero attached hydrogens (tertiary/aromatic N) is 3. The lowest BCUT2D eigenvalue weighted by atomic mass is 10.00. The molecular weight excluding hydrogens is 176 g/mol. The van der Waals surface area contributed by atoms with Crippen molar-refractivity contribution >= 4 is 0 Å². The maximum Gasteiger partial charge on any atom is 0.133 e. The Morgan fingerprint density at radius 1 is 1.57 bits per heavy atom. The van der Waals surface area contributed by atoms with Crippen LogP contribution in [0.3, 0.4) is 0 Å². The van der Waals surface area contributed by atoms with Gasteiger partial charge in [-0.05, 0) is 25.7 Å². The minimum absolute atomic E-state index is 0.372. The Balaban J connectivity index is 2.02. The highest BCUT2D eigenvalue weighted by Gasteiger charge is 2.25. The molecule has 14 heavy (non-hydrogen) atoms. The summed E-state index contributed by atoms with van der Waals surface area (Å²) in [7, 11) is 0. The molecule has 0 amide bonds. The number of rotatable bonds is 3. The number of hydrogen-bond donors (Lipinski definition) is 1. The molecule has 78 valence electrons. The van der Waals surface area contributed by atoms with E-state index in [1.54, 1.807) is 6.33 Å². The minimum Gasteiger partial charge on any atom is -0.327 e. The Kier molecular flexibility index (Phi) is 2.82. The molecule has 0 saturated heterocycles. The van der Waals surface area contributed by atoms with Crippen LogP contribution in [0.4, 0.5) is 0 Å². The van der Waals surface area contributed by atoms with Gasteiger partial charge >= 0.3 is 0 Å². The Hall–Kier alpha value is -0.900. The van der Waals surface area contributed by atoms with E-state index in [-0.39, 0.29) is 0 Å². The second kappa shape index (κ2) is 4.09. The highest BCUT2D eigenvalue weighted by molar-refractivity contribution is 4.93. The smallest absolute Gasteiger partial charge is 0.133 e. The van der Waals surface area contributed by atoms with Gasteiger partial charge in [0, 0.05) is 19.0 Å². The molecule has 4 heteroatoms. The monoisotopic (exact) mass is 194 g/mol. The summed E-state index contributed by atoms with van der Waals surface area (Å²) in [6.45, 7) is 3.06. The fourth-order valence-corrected chi connectivity index (χ4v) is 2.25. The van der Waals surface area contributed by atoms with Gasteiger partial charge in [-0.1, -0.05) is 6.42 Å². The molecule has 1 aliphatic carbocycles. The average molecular weight is 194 g/mol. The van der Waals surface area contributed by atoms with E-state index >= 15 is 0 Å². The first-order chi connectivity index (χ1) is 6.81. The molecule has 2 N–H and O–H groups in total. The zero-order chi connectivity index (χ0) is 9.97. The van der Waals surface area contributed by atoms with Crippen molar-refractivity contribution in [1.82, 2.24) is 14.8 Å². The maximum absolute atomic E-state index is 6.03. The predicted molar refractivity (Wildman–Crippen MR) is 54.7 cm³/mol. The predicted octanol–water partition coefficient (Wildman–Crippen LogP) is 0.968. The summed E-state index contributed by atoms with van der Waals surface area (Å²) in [5.74, 6) is 1.71. The molecule has 1 aliphatic rings. The topological polar surface area (TPSA) is 56.7 Å². The lowest BCUT2D eigenvalue weighted by Crippen LogP contribution is -2.26. The molecule has 0 radical (unpaired) electrons. The van der Waals surface area contributed by atoms with Crippen LogP contribution in [-0.2, 0) is 13.0 Å². The summed E-state index contributed by atoms with van der Waals surface area (Å²) in [5, 5.41) is 8.07. The van der Waals surface area contributed by atoms with Crippen molar-refractivity contribution in [3.8, 4) is 0 Å². The summed E-state index contributed by atoms with van der Waals surface area (Å²) in [4.78, 5) is 0. The van der Waals surface area contributed by atoms with Gasteiger partial charge in [0.05, 0.1) is 0 Å². The molecule has 0 bridgehead atoms. The van der Waals surface area contributed by atoms with Crippen LogP contribution in [-0.4, -0.2) is 20.8 Å². The van der Waals surface area contributed by atoms with Crippen LogP contribution in [0.15, 0.2) is 6.33 Å². The second-order valence-corrected chi connectivity index (χ2v) is 4.09. The third-order valence-electron chi connectivity index (χ3n) is 3.20. The van der Waals surface area contributed by atoms with Crippen molar-refractivity contribution in [3.05, 3.63) is 12.2 Å². The summed E-state index contributed by atoms with van der Waals surface area (Å²) in [6.07, 6.45) is 6.49. The molecule has 2 atom stereocenters. The summed E-state index contributed by atoms with van der Waals surface area (Å²) >= 11 is 0. The molecule has 0 aromatic carbocycles. The summed E-state index contributed by atoms with van der Waals surface area (Å²) in [6, 6.07) is 0.372. The first kappa shape index (κ1) is 9.65. The van der Waals surface area contributed by atoms with Crippen molar-refractivity contribution in [2.45, 2.75) is 45.2 Å². The molecule has 1 aromatic heterocycles. The Labute approximate surface area is 84.5 Å². The van der Waals surface area contributed by atoms with Gasteiger partial charge in [-0.2, -0.15) is 0 Å².